The van der Waals surface area contributed by atoms with Gasteiger partial charge in [0.05, 0.1) is 5.69 Å². The van der Waals surface area contributed by atoms with E-state index in [1.807, 2.05) is 0 Å². The number of hydrogen-bond donors (Lipinski definition) is 0. The number of hydrogen-bond acceptors (Lipinski definition) is 3. The van der Waals surface area contributed by atoms with E-state index in [0.717, 1.165) is 24.3 Å². The first-order chi connectivity index (χ1) is 12.5. The summed E-state index contributed by atoms with van der Waals surface area (Å²) in [5.74, 6) is -4.27. The van der Waals surface area contributed by atoms with Gasteiger partial charge < -0.3 is 0 Å². The van der Waals surface area contributed by atoms with Crippen molar-refractivity contribution in [2.45, 2.75) is 0 Å². The first kappa shape index (κ1) is 17.1. The largest absolute Gasteiger partial charge is 0.256 e. The fourth-order valence-electron chi connectivity index (χ4n) is 2.52. The fourth-order valence-corrected chi connectivity index (χ4v) is 2.52. The minimum Gasteiger partial charge on any atom is -0.256 e. The van der Waals surface area contributed by atoms with Crippen LogP contribution in [0, 0.1) is 45.9 Å². The lowest BCUT2D eigenvalue weighted by Gasteiger charge is -2.11. The van der Waals surface area contributed by atoms with Crippen LogP contribution in [-0.4, -0.2) is 4.98 Å². The third-order valence-corrected chi connectivity index (χ3v) is 3.70. The third kappa shape index (κ3) is 2.87. The van der Waals surface area contributed by atoms with Crippen molar-refractivity contribution < 1.29 is 17.6 Å². The van der Waals surface area contributed by atoms with Crippen LogP contribution >= 0.6 is 0 Å². The van der Waals surface area contributed by atoms with Crippen molar-refractivity contribution in [2.24, 2.45) is 0 Å². The molecule has 0 aliphatic carbocycles. The van der Waals surface area contributed by atoms with Gasteiger partial charge in [0.2, 0.25) is 0 Å². The molecule has 3 nitrogen and oxygen atoms in total. The summed E-state index contributed by atoms with van der Waals surface area (Å²) in [6, 6.07) is 9.52. The molecule has 0 aliphatic rings. The highest BCUT2D eigenvalue weighted by Crippen LogP contribution is 2.33. The maximum absolute atomic E-state index is 13.9. The zero-order valence-corrected chi connectivity index (χ0v) is 12.9. The molecule has 2 aromatic carbocycles. The molecule has 0 bridgehead atoms. The van der Waals surface area contributed by atoms with Crippen molar-refractivity contribution in [3.63, 3.8) is 0 Å². The molecule has 0 spiro atoms. The molecule has 0 fully saturated rings. The molecule has 3 aromatic rings. The summed E-state index contributed by atoms with van der Waals surface area (Å²) in [6.45, 7) is 0. The topological polar surface area (TPSA) is 60.5 Å². The van der Waals surface area contributed by atoms with Gasteiger partial charge in [0.25, 0.3) is 0 Å². The Kier molecular flexibility index (Phi) is 4.38. The van der Waals surface area contributed by atoms with E-state index >= 15 is 0 Å². The van der Waals surface area contributed by atoms with Gasteiger partial charge >= 0.3 is 0 Å². The Morgan fingerprint density at radius 3 is 1.65 bits per heavy atom. The van der Waals surface area contributed by atoms with Crippen LogP contribution in [-0.2, 0) is 0 Å². The van der Waals surface area contributed by atoms with E-state index in [4.69, 9.17) is 10.5 Å². The second-order valence-electron chi connectivity index (χ2n) is 5.25. The Hall–Kier alpha value is -3.71. The Morgan fingerprint density at radius 2 is 1.19 bits per heavy atom. The smallest absolute Gasteiger partial charge is 0.144 e. The van der Waals surface area contributed by atoms with Gasteiger partial charge in [-0.15, -0.1) is 0 Å². The zero-order valence-electron chi connectivity index (χ0n) is 12.9. The molecule has 0 aliphatic heterocycles. The lowest BCUT2D eigenvalue weighted by molar-refractivity contribution is 0.576. The second kappa shape index (κ2) is 6.66. The van der Waals surface area contributed by atoms with Gasteiger partial charge in [-0.25, -0.2) is 17.6 Å². The first-order valence-electron chi connectivity index (χ1n) is 7.20. The standard InChI is InChI=1S/C19H7F4N3/c20-15-4-10(5-16(21)13(15)8-24)12-2-1-3-26-19(12)11-6-17(22)14(9-25)18(23)7-11/h1-7H. The number of halogens is 4. The zero-order chi connectivity index (χ0) is 18.8. The van der Waals surface area contributed by atoms with Gasteiger partial charge in [0.15, 0.2) is 0 Å². The van der Waals surface area contributed by atoms with Crippen molar-refractivity contribution in [3.8, 4) is 34.5 Å². The van der Waals surface area contributed by atoms with Crippen LogP contribution in [0.2, 0.25) is 0 Å². The molecule has 0 saturated heterocycles. The van der Waals surface area contributed by atoms with Crippen LogP contribution in [0.3, 0.4) is 0 Å². The highest BCUT2D eigenvalue weighted by molar-refractivity contribution is 5.81. The summed E-state index contributed by atoms with van der Waals surface area (Å²) in [5.41, 5.74) is -1.14. The maximum Gasteiger partial charge on any atom is 0.144 e. The number of rotatable bonds is 2. The average molecular weight is 353 g/mol. The van der Waals surface area contributed by atoms with Crippen molar-refractivity contribution in [3.05, 3.63) is 77.0 Å². The lowest BCUT2D eigenvalue weighted by atomic mass is 9.97. The molecule has 0 saturated carbocycles. The van der Waals surface area contributed by atoms with Crippen molar-refractivity contribution >= 4 is 0 Å². The molecule has 126 valence electrons. The molecule has 0 atom stereocenters. The lowest BCUT2D eigenvalue weighted by Crippen LogP contribution is -1.97. The highest BCUT2D eigenvalue weighted by atomic mass is 19.1. The van der Waals surface area contributed by atoms with E-state index in [2.05, 4.69) is 4.98 Å². The number of pyridine rings is 1. The van der Waals surface area contributed by atoms with Crippen LogP contribution in [0.1, 0.15) is 11.1 Å². The van der Waals surface area contributed by atoms with Gasteiger partial charge in [-0.1, -0.05) is 6.07 Å². The summed E-state index contributed by atoms with van der Waals surface area (Å²) in [4.78, 5) is 4.04. The molecule has 0 N–H and O–H groups in total. The van der Waals surface area contributed by atoms with Crippen molar-refractivity contribution in [2.75, 3.05) is 0 Å². The third-order valence-electron chi connectivity index (χ3n) is 3.70. The minimum absolute atomic E-state index is 0.000207. The van der Waals surface area contributed by atoms with Crippen LogP contribution < -0.4 is 0 Å². The summed E-state index contributed by atoms with van der Waals surface area (Å²) in [7, 11) is 0. The summed E-state index contributed by atoms with van der Waals surface area (Å²) in [6.07, 6.45) is 1.35. The van der Waals surface area contributed by atoms with Gasteiger partial charge in [-0.3, -0.25) is 4.98 Å². The highest BCUT2D eigenvalue weighted by Gasteiger charge is 2.18. The van der Waals surface area contributed by atoms with E-state index in [-0.39, 0.29) is 22.4 Å². The van der Waals surface area contributed by atoms with Crippen LogP contribution in [0.15, 0.2) is 42.6 Å². The quantitative estimate of drug-likeness (QED) is 0.627. The first-order valence-corrected chi connectivity index (χ1v) is 7.20. The summed E-state index contributed by atoms with van der Waals surface area (Å²) in [5, 5.41) is 17.5. The summed E-state index contributed by atoms with van der Waals surface area (Å²) >= 11 is 0. The van der Waals surface area contributed by atoms with E-state index in [9.17, 15) is 17.6 Å². The van der Waals surface area contributed by atoms with Crippen LogP contribution in [0.5, 0.6) is 0 Å². The molecule has 0 radical (unpaired) electrons. The molecule has 1 aromatic heterocycles. The molecule has 26 heavy (non-hydrogen) atoms. The number of nitriles is 2. The molecule has 3 rings (SSSR count). The second-order valence-corrected chi connectivity index (χ2v) is 5.25. The molecular formula is C19H7F4N3. The SMILES string of the molecule is N#Cc1c(F)cc(-c2cccnc2-c2cc(F)c(C#N)c(F)c2)cc1F. The molecular weight excluding hydrogens is 346 g/mol. The number of benzene rings is 2. The Labute approximate surface area is 145 Å². The summed E-state index contributed by atoms with van der Waals surface area (Å²) < 4.78 is 55.7. The molecule has 0 amide bonds. The van der Waals surface area contributed by atoms with E-state index in [0.29, 0.717) is 0 Å². The monoisotopic (exact) mass is 353 g/mol. The van der Waals surface area contributed by atoms with Crippen LogP contribution in [0.4, 0.5) is 17.6 Å². The number of nitrogens with zero attached hydrogens (tertiary/aromatic N) is 3. The molecule has 7 heteroatoms. The minimum atomic E-state index is -1.07. The predicted octanol–water partition coefficient (Wildman–Crippen LogP) is 4.72. The van der Waals surface area contributed by atoms with Crippen molar-refractivity contribution in [1.29, 1.82) is 10.5 Å². The normalized spacial score (nSPS) is 10.2. The Bertz CT molecular complexity index is 976. The maximum atomic E-state index is 13.9. The number of aromatic nitrogens is 1. The van der Waals surface area contributed by atoms with E-state index in [1.165, 1.54) is 30.5 Å². The Morgan fingerprint density at radius 1 is 0.731 bits per heavy atom. The van der Waals surface area contributed by atoms with Gasteiger partial charge in [0.1, 0.15) is 46.5 Å². The van der Waals surface area contributed by atoms with Gasteiger partial charge in [0, 0.05) is 17.3 Å². The average Bonchev–Trinajstić information content (AvgIpc) is 2.61. The van der Waals surface area contributed by atoms with E-state index in [1.54, 1.807) is 0 Å². The van der Waals surface area contributed by atoms with E-state index < -0.39 is 34.4 Å². The van der Waals surface area contributed by atoms with Crippen molar-refractivity contribution in [1.82, 2.24) is 4.98 Å². The molecule has 1 heterocycles. The Balaban J connectivity index is 2.24. The predicted molar refractivity (Wildman–Crippen MR) is 84.4 cm³/mol. The van der Waals surface area contributed by atoms with Crippen LogP contribution in [0.25, 0.3) is 22.4 Å². The van der Waals surface area contributed by atoms with Gasteiger partial charge in [-0.2, -0.15) is 10.5 Å². The fraction of sp³-hybridized carbons (Fsp3) is 0. The van der Waals surface area contributed by atoms with Gasteiger partial charge in [-0.05, 0) is 35.9 Å². The molecule has 0 unspecified atom stereocenters.